The zero-order chi connectivity index (χ0) is 9.40. The van der Waals surface area contributed by atoms with Crippen LogP contribution in [0.1, 0.15) is 13.3 Å². The Balaban J connectivity index is 3.19. The van der Waals surface area contributed by atoms with Crippen LogP contribution in [0.2, 0.25) is 0 Å². The number of nitrogens with two attached hydrogens (primary N) is 1. The first-order valence-electron chi connectivity index (χ1n) is 4.21. The third-order valence-corrected chi connectivity index (χ3v) is 1.59. The second-order valence-corrected chi connectivity index (χ2v) is 3.28. The molecule has 0 unspecified atom stereocenters. The van der Waals surface area contributed by atoms with Crippen molar-refractivity contribution in [3.63, 3.8) is 0 Å². The predicted molar refractivity (Wildman–Crippen MR) is 55.4 cm³/mol. The molecule has 12 heavy (non-hydrogen) atoms. The van der Waals surface area contributed by atoms with Crippen LogP contribution in [-0.2, 0) is 4.74 Å². The van der Waals surface area contributed by atoms with Crippen molar-refractivity contribution in [2.75, 3.05) is 33.4 Å². The minimum Gasteiger partial charge on any atom is -0.392 e. The van der Waals surface area contributed by atoms with Crippen molar-refractivity contribution in [1.29, 1.82) is 0 Å². The molecule has 0 fully saturated rings. The molecule has 0 aliphatic heterocycles. The number of ether oxygens (including phenoxy) is 1. The summed E-state index contributed by atoms with van der Waals surface area (Å²) in [6, 6.07) is 0. The topological polar surface area (TPSA) is 38.5 Å². The normalized spacial score (nSPS) is 10.6. The fraction of sp³-hybridized carbons (Fsp3) is 0.875. The molecule has 0 atom stereocenters. The molecule has 3 nitrogen and oxygen atoms in total. The van der Waals surface area contributed by atoms with Gasteiger partial charge >= 0.3 is 0 Å². The number of thiocarbonyl (C=S) groups is 1. The van der Waals surface area contributed by atoms with Gasteiger partial charge in [-0.15, -0.1) is 0 Å². The Morgan fingerprint density at radius 3 is 2.75 bits per heavy atom. The summed E-state index contributed by atoms with van der Waals surface area (Å²) in [5.41, 5.74) is 5.38. The van der Waals surface area contributed by atoms with E-state index in [-0.39, 0.29) is 0 Å². The summed E-state index contributed by atoms with van der Waals surface area (Å²) in [7, 11) is 2.01. The highest BCUT2D eigenvalue weighted by Gasteiger charge is 1.98. The molecule has 2 N–H and O–H groups in total. The van der Waals surface area contributed by atoms with Crippen LogP contribution in [0.3, 0.4) is 0 Å². The molecule has 0 heterocycles. The van der Waals surface area contributed by atoms with E-state index in [1.165, 1.54) is 0 Å². The van der Waals surface area contributed by atoms with Gasteiger partial charge in [-0.2, -0.15) is 0 Å². The van der Waals surface area contributed by atoms with Crippen LogP contribution in [0, 0.1) is 0 Å². The Labute approximate surface area is 79.9 Å². The molecular weight excluding hydrogens is 172 g/mol. The smallest absolute Gasteiger partial charge is 0.0869 e. The maximum Gasteiger partial charge on any atom is 0.0869 e. The molecular formula is C8H18N2OS. The van der Waals surface area contributed by atoms with Crippen LogP contribution in [0.5, 0.6) is 0 Å². The fourth-order valence-corrected chi connectivity index (χ4v) is 1.15. The number of likely N-dealkylation sites (N-methyl/N-ethyl adjacent to an activating group) is 1. The molecule has 0 bridgehead atoms. The summed E-state index contributed by atoms with van der Waals surface area (Å²) < 4.78 is 5.20. The van der Waals surface area contributed by atoms with Gasteiger partial charge in [0.1, 0.15) is 0 Å². The number of nitrogens with zero attached hydrogens (tertiary/aromatic N) is 1. The molecule has 0 aromatic heterocycles. The van der Waals surface area contributed by atoms with Crippen molar-refractivity contribution >= 4 is 17.2 Å². The Kier molecular flexibility index (Phi) is 7.34. The molecule has 0 amide bonds. The van der Waals surface area contributed by atoms with Crippen LogP contribution >= 0.6 is 12.2 Å². The molecule has 0 aromatic carbocycles. The summed E-state index contributed by atoms with van der Waals surface area (Å²) in [6.07, 6.45) is 1.03. The van der Waals surface area contributed by atoms with Gasteiger partial charge in [0.15, 0.2) is 0 Å². The van der Waals surface area contributed by atoms with Gasteiger partial charge in [0.25, 0.3) is 0 Å². The first kappa shape index (κ1) is 11.8. The molecule has 0 aliphatic carbocycles. The van der Waals surface area contributed by atoms with Gasteiger partial charge in [0.05, 0.1) is 4.99 Å². The van der Waals surface area contributed by atoms with Crippen molar-refractivity contribution in [2.45, 2.75) is 13.3 Å². The lowest BCUT2D eigenvalue weighted by Gasteiger charge is -2.14. The van der Waals surface area contributed by atoms with Crippen LogP contribution in [-0.4, -0.2) is 43.2 Å². The highest BCUT2D eigenvalue weighted by Crippen LogP contribution is 1.88. The lowest BCUT2D eigenvalue weighted by Crippen LogP contribution is -2.30. The molecule has 0 aromatic rings. The maximum atomic E-state index is 5.38. The summed E-state index contributed by atoms with van der Waals surface area (Å²) in [5, 5.41) is 0. The third-order valence-electron chi connectivity index (χ3n) is 1.46. The number of hydrogen-bond acceptors (Lipinski definition) is 3. The summed E-state index contributed by atoms with van der Waals surface area (Å²) in [6.45, 7) is 5.29. The average molecular weight is 190 g/mol. The van der Waals surface area contributed by atoms with Gasteiger partial charge < -0.3 is 10.5 Å². The Morgan fingerprint density at radius 2 is 2.25 bits per heavy atom. The van der Waals surface area contributed by atoms with E-state index in [9.17, 15) is 0 Å². The van der Waals surface area contributed by atoms with Crippen molar-refractivity contribution in [3.05, 3.63) is 0 Å². The molecule has 4 heteroatoms. The van der Waals surface area contributed by atoms with E-state index in [0.29, 0.717) is 11.5 Å². The SMILES string of the molecule is CCOCCCN(C)CC(N)=S. The highest BCUT2D eigenvalue weighted by atomic mass is 32.1. The van der Waals surface area contributed by atoms with Gasteiger partial charge in [0, 0.05) is 26.3 Å². The predicted octanol–water partition coefficient (Wildman–Crippen LogP) is 0.631. The van der Waals surface area contributed by atoms with Crippen LogP contribution < -0.4 is 5.73 Å². The molecule has 0 saturated carbocycles. The van der Waals surface area contributed by atoms with Gasteiger partial charge in [-0.05, 0) is 20.4 Å². The first-order chi connectivity index (χ1) is 5.66. The lowest BCUT2D eigenvalue weighted by atomic mass is 10.4. The second kappa shape index (κ2) is 7.46. The van der Waals surface area contributed by atoms with E-state index >= 15 is 0 Å². The van der Waals surface area contributed by atoms with E-state index in [2.05, 4.69) is 4.90 Å². The van der Waals surface area contributed by atoms with Gasteiger partial charge in [0.2, 0.25) is 0 Å². The molecule has 0 rings (SSSR count). The Morgan fingerprint density at radius 1 is 1.58 bits per heavy atom. The van der Waals surface area contributed by atoms with Crippen LogP contribution in [0.15, 0.2) is 0 Å². The monoisotopic (exact) mass is 190 g/mol. The van der Waals surface area contributed by atoms with Crippen molar-refractivity contribution < 1.29 is 4.74 Å². The summed E-state index contributed by atoms with van der Waals surface area (Å²) in [4.78, 5) is 2.65. The zero-order valence-electron chi connectivity index (χ0n) is 7.88. The van der Waals surface area contributed by atoms with E-state index in [1.807, 2.05) is 14.0 Å². The summed E-state index contributed by atoms with van der Waals surface area (Å²) in [5.74, 6) is 0. The van der Waals surface area contributed by atoms with E-state index in [4.69, 9.17) is 22.7 Å². The average Bonchev–Trinajstić information content (AvgIpc) is 1.97. The quantitative estimate of drug-likeness (QED) is 0.472. The van der Waals surface area contributed by atoms with Crippen molar-refractivity contribution in [1.82, 2.24) is 4.90 Å². The number of hydrogen-bond donors (Lipinski definition) is 1. The standard InChI is InChI=1S/C8H18N2OS/c1-3-11-6-4-5-10(2)7-8(9)12/h3-7H2,1-2H3,(H2,9,12). The van der Waals surface area contributed by atoms with Gasteiger partial charge in [-0.25, -0.2) is 0 Å². The molecule has 72 valence electrons. The van der Waals surface area contributed by atoms with E-state index in [0.717, 1.165) is 26.2 Å². The number of rotatable bonds is 7. The zero-order valence-corrected chi connectivity index (χ0v) is 8.69. The van der Waals surface area contributed by atoms with E-state index < -0.39 is 0 Å². The van der Waals surface area contributed by atoms with Crippen LogP contribution in [0.4, 0.5) is 0 Å². The van der Waals surface area contributed by atoms with Crippen molar-refractivity contribution in [2.24, 2.45) is 5.73 Å². The minimum atomic E-state index is 0.550. The third kappa shape index (κ3) is 7.91. The first-order valence-corrected chi connectivity index (χ1v) is 4.62. The Bertz CT molecular complexity index is 130. The lowest BCUT2D eigenvalue weighted by molar-refractivity contribution is 0.137. The van der Waals surface area contributed by atoms with E-state index in [1.54, 1.807) is 0 Å². The van der Waals surface area contributed by atoms with Gasteiger partial charge in [-0.3, -0.25) is 4.90 Å². The largest absolute Gasteiger partial charge is 0.392 e. The minimum absolute atomic E-state index is 0.550. The van der Waals surface area contributed by atoms with Gasteiger partial charge in [-0.1, -0.05) is 12.2 Å². The highest BCUT2D eigenvalue weighted by molar-refractivity contribution is 7.80. The Hall–Kier alpha value is -0.190. The van der Waals surface area contributed by atoms with Crippen LogP contribution in [0.25, 0.3) is 0 Å². The second-order valence-electron chi connectivity index (χ2n) is 2.75. The fourth-order valence-electron chi connectivity index (χ4n) is 0.926. The molecule has 0 aliphatic rings. The summed E-state index contributed by atoms with van der Waals surface area (Å²) >= 11 is 4.78. The molecule has 0 saturated heterocycles. The molecule has 0 spiro atoms. The van der Waals surface area contributed by atoms with Crippen molar-refractivity contribution in [3.8, 4) is 0 Å². The maximum absolute atomic E-state index is 5.38. The molecule has 0 radical (unpaired) electrons.